The van der Waals surface area contributed by atoms with E-state index in [0.717, 1.165) is 99.2 Å². The molecular weight excluding hydrogens is 739 g/mol. The first kappa shape index (κ1) is 32.9. The highest BCUT2D eigenvalue weighted by Gasteiger charge is 2.19. The molecule has 9 aromatic carbocycles. The highest BCUT2D eigenvalue weighted by atomic mass is 16.4. The van der Waals surface area contributed by atoms with Gasteiger partial charge in [0.05, 0.1) is 16.4 Å². The van der Waals surface area contributed by atoms with Crippen LogP contribution in [0.3, 0.4) is 0 Å². The van der Waals surface area contributed by atoms with Gasteiger partial charge in [0.15, 0.2) is 0 Å². The van der Waals surface area contributed by atoms with Gasteiger partial charge in [0, 0.05) is 43.4 Å². The molecule has 0 atom stereocenters. The molecule has 0 spiro atoms. The number of aromatic nitrogens is 1. The van der Waals surface area contributed by atoms with E-state index in [9.17, 15) is 4.79 Å². The third-order valence-corrected chi connectivity index (χ3v) is 12.3. The van der Waals surface area contributed by atoms with Gasteiger partial charge in [-0.1, -0.05) is 109 Å². The Kier molecular flexibility index (Phi) is 6.81. The van der Waals surface area contributed by atoms with Gasteiger partial charge in [0.2, 0.25) is 0 Å². The minimum absolute atomic E-state index is 0.376. The van der Waals surface area contributed by atoms with Crippen LogP contribution in [0.1, 0.15) is 0 Å². The van der Waals surface area contributed by atoms with Crippen molar-refractivity contribution in [3.8, 4) is 39.1 Å². The van der Waals surface area contributed by atoms with Gasteiger partial charge >= 0.3 is 5.63 Å². The predicted molar refractivity (Wildman–Crippen MR) is 245 cm³/mol. The maximum atomic E-state index is 13.9. The summed E-state index contributed by atoms with van der Waals surface area (Å²) in [5.74, 6) is 0. The second kappa shape index (κ2) is 12.4. The number of hydrogen-bond donors (Lipinski definition) is 0. The quantitative estimate of drug-likeness (QED) is 0.132. The molecule has 5 heteroatoms. The molecule has 0 saturated carbocycles. The van der Waals surface area contributed by atoms with Gasteiger partial charge in [-0.3, -0.25) is 0 Å². The molecule has 0 fully saturated rings. The Bertz CT molecular complexity index is 3970. The minimum atomic E-state index is -0.376. The van der Waals surface area contributed by atoms with E-state index in [2.05, 4.69) is 132 Å². The van der Waals surface area contributed by atoms with Crippen molar-refractivity contribution in [1.29, 1.82) is 0 Å². The van der Waals surface area contributed by atoms with Crippen LogP contribution in [0.4, 0.5) is 0 Å². The second-order valence-electron chi connectivity index (χ2n) is 15.5. The fourth-order valence-corrected chi connectivity index (χ4v) is 9.54. The van der Waals surface area contributed by atoms with Gasteiger partial charge in [-0.15, -0.1) is 0 Å². The molecule has 280 valence electrons. The lowest BCUT2D eigenvalue weighted by Crippen LogP contribution is -2.00. The molecule has 13 rings (SSSR count). The van der Waals surface area contributed by atoms with E-state index in [1.165, 1.54) is 16.3 Å². The Morgan fingerprint density at radius 2 is 0.883 bits per heavy atom. The standard InChI is InChI=1S/C55H31NO4/c57-55-44-30-34(20-24-39(44)41-25-21-35(31-52(41)60-55)38-15-9-18-50-53(38)42-13-5-7-17-48(42)58-50)37-14-8-19-51-54(37)45-29-33(23-27-49(45)59-51)32-22-26-47-43(28-32)40-12-4-6-16-46(40)56(47)36-10-2-1-3-11-36/h1-31H. The largest absolute Gasteiger partial charge is 0.456 e. The van der Waals surface area contributed by atoms with E-state index < -0.39 is 0 Å². The summed E-state index contributed by atoms with van der Waals surface area (Å²) in [6.45, 7) is 0. The number of para-hydroxylation sites is 3. The fourth-order valence-electron chi connectivity index (χ4n) is 9.54. The van der Waals surface area contributed by atoms with Gasteiger partial charge in [-0.2, -0.15) is 0 Å². The Hall–Kier alpha value is -8.15. The fraction of sp³-hybridized carbons (Fsp3) is 0. The number of rotatable bonds is 4. The second-order valence-corrected chi connectivity index (χ2v) is 15.5. The van der Waals surface area contributed by atoms with Crippen LogP contribution in [-0.4, -0.2) is 4.57 Å². The van der Waals surface area contributed by atoms with Gasteiger partial charge in [0.1, 0.15) is 27.9 Å². The van der Waals surface area contributed by atoms with Crippen LogP contribution >= 0.6 is 0 Å². The molecule has 0 aliphatic carbocycles. The smallest absolute Gasteiger partial charge is 0.344 e. The zero-order valence-corrected chi connectivity index (χ0v) is 32.0. The van der Waals surface area contributed by atoms with E-state index >= 15 is 0 Å². The van der Waals surface area contributed by atoms with Crippen LogP contribution in [0, 0.1) is 0 Å². The lowest BCUT2D eigenvalue weighted by Gasteiger charge is -2.09. The van der Waals surface area contributed by atoms with Crippen molar-refractivity contribution in [2.75, 3.05) is 0 Å². The van der Waals surface area contributed by atoms with Crippen LogP contribution in [0.25, 0.3) is 126 Å². The molecule has 0 N–H and O–H groups in total. The van der Waals surface area contributed by atoms with Gasteiger partial charge < -0.3 is 17.8 Å². The summed E-state index contributed by atoms with van der Waals surface area (Å²) in [5, 5.41) is 8.79. The normalized spacial score (nSPS) is 12.1. The van der Waals surface area contributed by atoms with Crippen molar-refractivity contribution in [2.45, 2.75) is 0 Å². The molecule has 0 amide bonds. The van der Waals surface area contributed by atoms with Crippen LogP contribution in [0.5, 0.6) is 0 Å². The molecule has 13 aromatic rings. The van der Waals surface area contributed by atoms with Crippen molar-refractivity contribution in [1.82, 2.24) is 4.57 Å². The molecule has 4 heterocycles. The average Bonchev–Trinajstić information content (AvgIpc) is 3.98. The molecule has 0 saturated heterocycles. The molecule has 0 radical (unpaired) electrons. The van der Waals surface area contributed by atoms with E-state index in [1.807, 2.05) is 60.7 Å². The molecule has 5 nitrogen and oxygen atoms in total. The molecule has 0 bridgehead atoms. The monoisotopic (exact) mass is 769 g/mol. The lowest BCUT2D eigenvalue weighted by molar-refractivity contribution is 0.570. The van der Waals surface area contributed by atoms with E-state index in [1.54, 1.807) is 0 Å². The highest BCUT2D eigenvalue weighted by molar-refractivity contribution is 6.16. The molecule has 0 aliphatic rings. The molecule has 0 unspecified atom stereocenters. The Labute approximate surface area is 341 Å². The third kappa shape index (κ3) is 4.77. The van der Waals surface area contributed by atoms with Gasteiger partial charge in [0.25, 0.3) is 0 Å². The van der Waals surface area contributed by atoms with Gasteiger partial charge in [-0.25, -0.2) is 4.79 Å². The maximum absolute atomic E-state index is 13.9. The van der Waals surface area contributed by atoms with Gasteiger partial charge in [-0.05, 0) is 118 Å². The first-order chi connectivity index (χ1) is 29.6. The summed E-state index contributed by atoms with van der Waals surface area (Å²) >= 11 is 0. The summed E-state index contributed by atoms with van der Waals surface area (Å²) in [5.41, 5.74) is 13.0. The topological polar surface area (TPSA) is 61.4 Å². The first-order valence-corrected chi connectivity index (χ1v) is 20.1. The number of hydrogen-bond acceptors (Lipinski definition) is 4. The van der Waals surface area contributed by atoms with Crippen molar-refractivity contribution in [3.05, 3.63) is 198 Å². The first-order valence-electron chi connectivity index (χ1n) is 20.1. The predicted octanol–water partition coefficient (Wildman–Crippen LogP) is 14.8. The zero-order valence-electron chi connectivity index (χ0n) is 32.0. The van der Waals surface area contributed by atoms with Crippen molar-refractivity contribution in [2.24, 2.45) is 0 Å². The molecule has 4 aromatic heterocycles. The summed E-state index contributed by atoms with van der Waals surface area (Å²) in [6, 6.07) is 64.8. The van der Waals surface area contributed by atoms with Crippen LogP contribution in [-0.2, 0) is 0 Å². The zero-order chi connectivity index (χ0) is 39.5. The number of benzene rings is 9. The third-order valence-electron chi connectivity index (χ3n) is 12.3. The van der Waals surface area contributed by atoms with Crippen LogP contribution in [0.15, 0.2) is 206 Å². The molecular formula is C55H31NO4. The molecule has 0 aliphatic heterocycles. The van der Waals surface area contributed by atoms with Crippen molar-refractivity contribution in [3.63, 3.8) is 0 Å². The van der Waals surface area contributed by atoms with E-state index in [-0.39, 0.29) is 5.63 Å². The van der Waals surface area contributed by atoms with E-state index in [4.69, 9.17) is 13.3 Å². The number of nitrogens with zero attached hydrogens (tertiary/aromatic N) is 1. The summed E-state index contributed by atoms with van der Waals surface area (Å²) < 4.78 is 21.1. The average molecular weight is 770 g/mol. The number of furan rings is 2. The van der Waals surface area contributed by atoms with Crippen LogP contribution in [0.2, 0.25) is 0 Å². The van der Waals surface area contributed by atoms with E-state index in [0.29, 0.717) is 11.0 Å². The Morgan fingerprint density at radius 1 is 0.317 bits per heavy atom. The SMILES string of the molecule is O=c1oc2cc(-c3cccc4oc5ccccc5c34)ccc2c2ccc(-c3cccc4oc5ccc(-c6ccc7c(c6)c6ccccc6n7-c6ccccc6)cc5c34)cc12. The molecule has 60 heavy (non-hydrogen) atoms. The van der Waals surface area contributed by atoms with Crippen molar-refractivity contribution >= 4 is 87.4 Å². The Balaban J connectivity index is 0.929. The summed E-state index contributed by atoms with van der Waals surface area (Å²) in [6.07, 6.45) is 0. The highest BCUT2D eigenvalue weighted by Crippen LogP contribution is 2.42. The summed E-state index contributed by atoms with van der Waals surface area (Å²) in [4.78, 5) is 13.9. The van der Waals surface area contributed by atoms with Crippen molar-refractivity contribution < 1.29 is 13.3 Å². The Morgan fingerprint density at radius 3 is 1.68 bits per heavy atom. The maximum Gasteiger partial charge on any atom is 0.344 e. The number of fused-ring (bicyclic) bond motifs is 12. The minimum Gasteiger partial charge on any atom is -0.456 e. The lowest BCUT2D eigenvalue weighted by atomic mass is 9.94. The summed E-state index contributed by atoms with van der Waals surface area (Å²) in [7, 11) is 0. The van der Waals surface area contributed by atoms with Crippen LogP contribution < -0.4 is 5.63 Å².